The van der Waals surface area contributed by atoms with Gasteiger partial charge >= 0.3 is 0 Å². The zero-order valence-corrected chi connectivity index (χ0v) is 5.65. The summed E-state index contributed by atoms with van der Waals surface area (Å²) in [5.41, 5.74) is 0. The van der Waals surface area contributed by atoms with Crippen molar-refractivity contribution in [2.45, 2.75) is 4.96 Å². The zero-order valence-electron chi connectivity index (χ0n) is 3.32. The highest BCUT2D eigenvalue weighted by atomic mass is 35.5. The lowest BCUT2D eigenvalue weighted by atomic mass is 11.2. The molecule has 0 aromatic carbocycles. The normalized spacial score (nSPS) is 7.29. The van der Waals surface area contributed by atoms with E-state index < -0.39 is 4.96 Å². The van der Waals surface area contributed by atoms with Crippen LogP contribution in [0.4, 0.5) is 0 Å². The number of alkyl halides is 2. The van der Waals surface area contributed by atoms with E-state index in [1.165, 1.54) is 0 Å². The molecule has 0 saturated heterocycles. The Morgan fingerprint density at radius 1 is 1.57 bits per heavy atom. The van der Waals surface area contributed by atoms with Crippen molar-refractivity contribution in [3.05, 3.63) is 0 Å². The lowest BCUT2D eigenvalue weighted by molar-refractivity contribution is 1.06. The first-order chi connectivity index (χ1) is 2.77. The van der Waals surface area contributed by atoms with E-state index in [0.717, 1.165) is 6.34 Å². The van der Waals surface area contributed by atoms with Crippen LogP contribution in [0.25, 0.3) is 0 Å². The molecule has 0 amide bonds. The van der Waals surface area contributed by atoms with Gasteiger partial charge in [-0.05, 0) is 0 Å². The Bertz CT molecular complexity index is 46.2. The van der Waals surface area contributed by atoms with Gasteiger partial charge in [-0.2, -0.15) is 0 Å². The molecule has 0 aliphatic rings. The van der Waals surface area contributed by atoms with Gasteiger partial charge in [0.05, 0.1) is 6.34 Å². The Hall–Kier alpha value is 0.340. The van der Waals surface area contributed by atoms with E-state index in [9.17, 15) is 0 Å². The maximum Gasteiger partial charge on any atom is 0.178 e. The Morgan fingerprint density at radius 2 is 2.00 bits per heavy atom. The van der Waals surface area contributed by atoms with E-state index >= 15 is 0 Å². The van der Waals surface area contributed by atoms with Crippen molar-refractivity contribution < 1.29 is 0 Å². The topological polar surface area (TPSA) is 35.9 Å². The predicted molar refractivity (Wildman–Crippen MR) is 34.7 cm³/mol. The van der Waals surface area contributed by atoms with Crippen LogP contribution in [0.15, 0.2) is 0 Å². The SMILES string of the molecule is Cl.N=CNC(Cl)Cl. The van der Waals surface area contributed by atoms with Crippen LogP contribution >= 0.6 is 35.6 Å². The number of hydrogen-bond acceptors (Lipinski definition) is 1. The van der Waals surface area contributed by atoms with Gasteiger partial charge in [0.15, 0.2) is 4.96 Å². The molecule has 0 radical (unpaired) electrons. The molecule has 0 rings (SSSR count). The molecule has 2 N–H and O–H groups in total. The minimum absolute atomic E-state index is 0. The van der Waals surface area contributed by atoms with Crippen LogP contribution in [-0.4, -0.2) is 11.3 Å². The average molecular weight is 163 g/mol. The molecule has 0 heterocycles. The fourth-order valence-electron chi connectivity index (χ4n) is 0.0630. The highest BCUT2D eigenvalue weighted by Gasteiger charge is 1.86. The highest BCUT2D eigenvalue weighted by Crippen LogP contribution is 1.91. The van der Waals surface area contributed by atoms with Gasteiger partial charge in [0.2, 0.25) is 0 Å². The standard InChI is InChI=1S/C2H4Cl2N2.ClH/c3-2(4)6-1-5;/h1-2H,(H2,5,6);1H. The predicted octanol–water partition coefficient (Wildman–Crippen LogP) is 1.37. The molecule has 0 bridgehead atoms. The Labute approximate surface area is 58.1 Å². The minimum Gasteiger partial charge on any atom is -0.348 e. The van der Waals surface area contributed by atoms with Gasteiger partial charge in [-0.15, -0.1) is 12.4 Å². The third-order valence-electron chi connectivity index (χ3n) is 0.209. The molecule has 0 spiro atoms. The zero-order chi connectivity index (χ0) is 4.99. The summed E-state index contributed by atoms with van der Waals surface area (Å²) in [6, 6.07) is 0. The highest BCUT2D eigenvalue weighted by molar-refractivity contribution is 6.44. The summed E-state index contributed by atoms with van der Waals surface area (Å²) in [5, 5.41) is 8.61. The Morgan fingerprint density at radius 3 is 2.00 bits per heavy atom. The third kappa shape index (κ3) is 10.7. The first-order valence-corrected chi connectivity index (χ1v) is 2.18. The number of halogens is 3. The second-order valence-electron chi connectivity index (χ2n) is 0.612. The van der Waals surface area contributed by atoms with Crippen LogP contribution in [0.2, 0.25) is 0 Å². The molecular weight excluding hydrogens is 158 g/mol. The fourth-order valence-corrected chi connectivity index (χ4v) is 0.189. The number of hydrogen-bond donors (Lipinski definition) is 2. The van der Waals surface area contributed by atoms with Gasteiger partial charge in [-0.3, -0.25) is 5.41 Å². The van der Waals surface area contributed by atoms with Crippen LogP contribution in [0, 0.1) is 5.41 Å². The summed E-state index contributed by atoms with van der Waals surface area (Å²) in [6.07, 6.45) is 0.935. The van der Waals surface area contributed by atoms with Crippen molar-refractivity contribution in [3.8, 4) is 0 Å². The number of rotatable bonds is 2. The molecule has 0 unspecified atom stereocenters. The van der Waals surface area contributed by atoms with E-state index in [4.69, 9.17) is 28.6 Å². The van der Waals surface area contributed by atoms with E-state index in [-0.39, 0.29) is 12.4 Å². The van der Waals surface area contributed by atoms with Crippen molar-refractivity contribution in [3.63, 3.8) is 0 Å². The monoisotopic (exact) mass is 162 g/mol. The van der Waals surface area contributed by atoms with Gasteiger partial charge in [0, 0.05) is 0 Å². The lowest BCUT2D eigenvalue weighted by Gasteiger charge is -1.92. The van der Waals surface area contributed by atoms with Gasteiger partial charge in [0.1, 0.15) is 0 Å². The largest absolute Gasteiger partial charge is 0.348 e. The van der Waals surface area contributed by atoms with Gasteiger partial charge < -0.3 is 5.32 Å². The first-order valence-electron chi connectivity index (χ1n) is 1.30. The summed E-state index contributed by atoms with van der Waals surface area (Å²) in [4.78, 5) is -0.650. The van der Waals surface area contributed by atoms with Gasteiger partial charge in [0.25, 0.3) is 0 Å². The molecule has 0 aromatic heterocycles. The van der Waals surface area contributed by atoms with Crippen molar-refractivity contribution in [2.75, 3.05) is 0 Å². The van der Waals surface area contributed by atoms with Crippen LogP contribution in [0.1, 0.15) is 0 Å². The average Bonchev–Trinajstić information content (AvgIpc) is 1.35. The second-order valence-corrected chi connectivity index (χ2v) is 1.71. The Kier molecular flexibility index (Phi) is 9.37. The van der Waals surface area contributed by atoms with Crippen molar-refractivity contribution in [1.82, 2.24) is 5.32 Å². The molecule has 0 aromatic rings. The van der Waals surface area contributed by atoms with E-state index in [0.29, 0.717) is 0 Å². The van der Waals surface area contributed by atoms with Crippen LogP contribution in [0.3, 0.4) is 0 Å². The molecule has 44 valence electrons. The molecule has 5 heteroatoms. The van der Waals surface area contributed by atoms with Crippen molar-refractivity contribution >= 4 is 41.9 Å². The second kappa shape index (κ2) is 6.34. The summed E-state index contributed by atoms with van der Waals surface area (Å²) < 4.78 is 0. The molecule has 0 fully saturated rings. The van der Waals surface area contributed by atoms with Gasteiger partial charge in [-0.25, -0.2) is 0 Å². The number of nitrogens with one attached hydrogen (secondary N) is 2. The van der Waals surface area contributed by atoms with Crippen molar-refractivity contribution in [2.24, 2.45) is 0 Å². The van der Waals surface area contributed by atoms with Crippen LogP contribution < -0.4 is 5.32 Å². The first kappa shape index (κ1) is 10.3. The van der Waals surface area contributed by atoms with Crippen LogP contribution in [0.5, 0.6) is 0 Å². The molecule has 0 saturated carbocycles. The summed E-state index contributed by atoms with van der Waals surface area (Å²) in [5.74, 6) is 0. The smallest absolute Gasteiger partial charge is 0.178 e. The van der Waals surface area contributed by atoms with E-state index in [1.807, 2.05) is 0 Å². The lowest BCUT2D eigenvalue weighted by Crippen LogP contribution is -2.14. The summed E-state index contributed by atoms with van der Waals surface area (Å²) in [6.45, 7) is 0. The van der Waals surface area contributed by atoms with Crippen molar-refractivity contribution in [1.29, 1.82) is 5.41 Å². The molecule has 0 aliphatic carbocycles. The molecular formula is C2H5Cl3N2. The molecule has 0 aliphatic heterocycles. The Balaban J connectivity index is 0. The maximum absolute atomic E-state index is 6.33. The molecule has 7 heavy (non-hydrogen) atoms. The van der Waals surface area contributed by atoms with E-state index in [2.05, 4.69) is 5.32 Å². The van der Waals surface area contributed by atoms with Crippen LogP contribution in [-0.2, 0) is 0 Å². The van der Waals surface area contributed by atoms with Gasteiger partial charge in [-0.1, -0.05) is 23.2 Å². The maximum atomic E-state index is 6.33. The fraction of sp³-hybridized carbons (Fsp3) is 0.500. The molecule has 0 atom stereocenters. The molecule has 2 nitrogen and oxygen atoms in total. The third-order valence-corrected chi connectivity index (χ3v) is 0.461. The summed E-state index contributed by atoms with van der Waals surface area (Å²) in [7, 11) is 0. The minimum atomic E-state index is -0.650. The summed E-state index contributed by atoms with van der Waals surface area (Å²) >= 11 is 10.2. The quantitative estimate of drug-likeness (QED) is 0.274. The van der Waals surface area contributed by atoms with E-state index in [1.54, 1.807) is 0 Å².